The van der Waals surface area contributed by atoms with E-state index in [2.05, 4.69) is 22.0 Å². The predicted octanol–water partition coefficient (Wildman–Crippen LogP) is 4.85. The van der Waals surface area contributed by atoms with Crippen LogP contribution in [0.25, 0.3) is 0 Å². The highest BCUT2D eigenvalue weighted by Gasteiger charge is 2.38. The van der Waals surface area contributed by atoms with E-state index >= 15 is 0 Å². The lowest BCUT2D eigenvalue weighted by molar-refractivity contribution is -0.192. The van der Waals surface area contributed by atoms with E-state index < -0.39 is 23.7 Å². The van der Waals surface area contributed by atoms with E-state index in [0.29, 0.717) is 17.2 Å². The number of alkyl halides is 3. The van der Waals surface area contributed by atoms with Gasteiger partial charge in [0.1, 0.15) is 17.6 Å². The zero-order valence-corrected chi connectivity index (χ0v) is 23.6. The molecule has 4 rings (SSSR count). The summed E-state index contributed by atoms with van der Waals surface area (Å²) in [6.07, 6.45) is -2.69. The number of hydrogen-bond donors (Lipinski definition) is 2. The molecule has 0 spiro atoms. The first-order chi connectivity index (χ1) is 20.2. The van der Waals surface area contributed by atoms with Crippen molar-refractivity contribution in [1.29, 1.82) is 0 Å². The smallest absolute Gasteiger partial charge is 0.490 e. The fourth-order valence-electron chi connectivity index (χ4n) is 4.01. The van der Waals surface area contributed by atoms with Crippen LogP contribution in [0.3, 0.4) is 0 Å². The van der Waals surface area contributed by atoms with E-state index in [-0.39, 0.29) is 23.2 Å². The minimum atomic E-state index is -5.08. The minimum absolute atomic E-state index is 0.0302. The van der Waals surface area contributed by atoms with Crippen LogP contribution in [0.5, 0.6) is 17.4 Å². The molecule has 43 heavy (non-hydrogen) atoms. The van der Waals surface area contributed by atoms with Gasteiger partial charge < -0.3 is 24.4 Å². The molecule has 0 bridgehead atoms. The maximum Gasteiger partial charge on any atom is 0.490 e. The third-order valence-corrected chi connectivity index (χ3v) is 6.32. The van der Waals surface area contributed by atoms with Crippen LogP contribution >= 0.6 is 0 Å². The van der Waals surface area contributed by atoms with E-state index in [1.807, 2.05) is 18.2 Å². The zero-order valence-electron chi connectivity index (χ0n) is 23.6. The fourth-order valence-corrected chi connectivity index (χ4v) is 4.01. The SMILES string of the molecule is COc1ccc(C(=O)c2ccc(OC3CCN(Cc4ccccc4)C3)nc2)c(OC(C)(C)C(=O)O)c1.O=C(O)C(F)(F)F. The molecule has 1 saturated heterocycles. The lowest BCUT2D eigenvalue weighted by Crippen LogP contribution is -2.38. The monoisotopic (exact) mass is 604 g/mol. The van der Waals surface area contributed by atoms with Gasteiger partial charge >= 0.3 is 18.1 Å². The van der Waals surface area contributed by atoms with Gasteiger partial charge in [-0.1, -0.05) is 30.3 Å². The Bertz CT molecular complexity index is 1410. The maximum atomic E-state index is 13.2. The van der Waals surface area contributed by atoms with Gasteiger partial charge in [-0.05, 0) is 44.0 Å². The number of methoxy groups -OCH3 is 1. The number of carbonyl (C=O) groups excluding carboxylic acids is 1. The fraction of sp³-hybridized carbons (Fsp3) is 0.333. The van der Waals surface area contributed by atoms with E-state index in [9.17, 15) is 27.9 Å². The number of nitrogens with zero attached hydrogens (tertiary/aromatic N) is 2. The first-order valence-corrected chi connectivity index (χ1v) is 13.0. The second-order valence-corrected chi connectivity index (χ2v) is 10.0. The Morgan fingerprint density at radius 3 is 2.23 bits per heavy atom. The van der Waals surface area contributed by atoms with Crippen molar-refractivity contribution >= 4 is 17.7 Å². The minimum Gasteiger partial charge on any atom is -0.497 e. The van der Waals surface area contributed by atoms with E-state index in [1.54, 1.807) is 24.3 Å². The molecule has 2 N–H and O–H groups in total. The number of aliphatic carboxylic acids is 2. The number of halogens is 3. The number of likely N-dealkylation sites (tertiary alicyclic amines) is 1. The third kappa shape index (κ3) is 9.43. The van der Waals surface area contributed by atoms with Gasteiger partial charge in [0, 0.05) is 43.5 Å². The number of benzene rings is 2. The van der Waals surface area contributed by atoms with Crippen LogP contribution in [0.1, 0.15) is 41.8 Å². The van der Waals surface area contributed by atoms with Gasteiger partial charge in [-0.2, -0.15) is 13.2 Å². The first-order valence-electron chi connectivity index (χ1n) is 13.0. The Labute approximate surface area is 245 Å². The molecule has 0 amide bonds. The quantitative estimate of drug-likeness (QED) is 0.309. The van der Waals surface area contributed by atoms with E-state index in [4.69, 9.17) is 24.1 Å². The highest BCUT2D eigenvalue weighted by Crippen LogP contribution is 2.30. The number of carboxylic acids is 2. The van der Waals surface area contributed by atoms with Crippen molar-refractivity contribution in [3.05, 3.63) is 83.6 Å². The average Bonchev–Trinajstić information content (AvgIpc) is 3.39. The van der Waals surface area contributed by atoms with E-state index in [1.165, 1.54) is 38.8 Å². The zero-order chi connectivity index (χ0) is 31.8. The summed E-state index contributed by atoms with van der Waals surface area (Å²) in [5.74, 6) is -3.23. The van der Waals surface area contributed by atoms with Crippen molar-refractivity contribution in [2.75, 3.05) is 20.2 Å². The molecule has 13 heteroatoms. The van der Waals surface area contributed by atoms with Crippen LogP contribution in [0.15, 0.2) is 66.9 Å². The molecular formula is C30H31F3N2O8. The van der Waals surface area contributed by atoms with Gasteiger partial charge in [-0.15, -0.1) is 0 Å². The molecule has 10 nitrogen and oxygen atoms in total. The van der Waals surface area contributed by atoms with Crippen LogP contribution in [-0.2, 0) is 16.1 Å². The average molecular weight is 605 g/mol. The molecule has 1 aliphatic rings. The summed E-state index contributed by atoms with van der Waals surface area (Å²) < 4.78 is 48.7. The van der Waals surface area contributed by atoms with Gasteiger partial charge in [-0.3, -0.25) is 9.69 Å². The van der Waals surface area contributed by atoms with Gasteiger partial charge in [-0.25, -0.2) is 14.6 Å². The number of pyridine rings is 1. The summed E-state index contributed by atoms with van der Waals surface area (Å²) in [7, 11) is 1.48. The molecule has 2 aromatic carbocycles. The Morgan fingerprint density at radius 1 is 1.00 bits per heavy atom. The molecule has 0 saturated carbocycles. The summed E-state index contributed by atoms with van der Waals surface area (Å²) in [6, 6.07) is 18.3. The topological polar surface area (TPSA) is 135 Å². The standard InChI is InChI=1S/C28H30N2O6.C2HF3O2/c1-28(2,27(32)33)36-24-15-21(34-3)10-11-23(24)26(31)20-9-12-25(29-16-20)35-22-13-14-30(18-22)17-19-7-5-4-6-8-19;3-2(4,5)1(6)7/h4-12,15-16,22H,13-14,17-18H2,1-3H3,(H,32,33);(H,6,7). The van der Waals surface area contributed by atoms with Crippen LogP contribution in [0.2, 0.25) is 0 Å². The van der Waals surface area contributed by atoms with Gasteiger partial charge in [0.25, 0.3) is 0 Å². The molecule has 2 heterocycles. The second-order valence-electron chi connectivity index (χ2n) is 10.0. The van der Waals surface area contributed by atoms with Crippen LogP contribution in [0, 0.1) is 0 Å². The van der Waals surface area contributed by atoms with Crippen molar-refractivity contribution in [1.82, 2.24) is 9.88 Å². The normalized spacial score (nSPS) is 15.2. The van der Waals surface area contributed by atoms with Crippen LogP contribution < -0.4 is 14.2 Å². The van der Waals surface area contributed by atoms with Crippen LogP contribution in [-0.4, -0.2) is 75.9 Å². The second kappa shape index (κ2) is 14.0. The van der Waals surface area contributed by atoms with E-state index in [0.717, 1.165) is 26.1 Å². The molecule has 1 aliphatic heterocycles. The van der Waals surface area contributed by atoms with Crippen molar-refractivity contribution < 1.29 is 52.0 Å². The lowest BCUT2D eigenvalue weighted by Gasteiger charge is -2.23. The molecule has 0 radical (unpaired) electrons. The number of ketones is 1. The van der Waals surface area contributed by atoms with Crippen LogP contribution in [0.4, 0.5) is 13.2 Å². The van der Waals surface area contributed by atoms with Gasteiger partial charge in [0.05, 0.1) is 12.7 Å². The van der Waals surface area contributed by atoms with Crippen molar-refractivity contribution in [2.24, 2.45) is 0 Å². The summed E-state index contributed by atoms with van der Waals surface area (Å²) in [5, 5.41) is 16.6. The number of carboxylic acid groups (broad SMARTS) is 2. The number of hydrogen-bond acceptors (Lipinski definition) is 8. The maximum absolute atomic E-state index is 13.2. The van der Waals surface area contributed by atoms with Gasteiger partial charge in [0.2, 0.25) is 5.88 Å². The largest absolute Gasteiger partial charge is 0.497 e. The lowest BCUT2D eigenvalue weighted by atomic mass is 10.0. The molecule has 1 aromatic heterocycles. The molecule has 230 valence electrons. The summed E-state index contributed by atoms with van der Waals surface area (Å²) in [4.78, 5) is 40.4. The molecular weight excluding hydrogens is 573 g/mol. The highest BCUT2D eigenvalue weighted by atomic mass is 19.4. The highest BCUT2D eigenvalue weighted by molar-refractivity contribution is 6.10. The molecule has 1 unspecified atom stereocenters. The number of ether oxygens (including phenoxy) is 3. The van der Waals surface area contributed by atoms with Crippen molar-refractivity contribution in [3.8, 4) is 17.4 Å². The predicted molar refractivity (Wildman–Crippen MR) is 147 cm³/mol. The number of rotatable bonds is 10. The molecule has 1 atom stereocenters. The number of aromatic nitrogens is 1. The summed E-state index contributed by atoms with van der Waals surface area (Å²) >= 11 is 0. The Morgan fingerprint density at radius 2 is 1.67 bits per heavy atom. The van der Waals surface area contributed by atoms with Crippen molar-refractivity contribution in [3.63, 3.8) is 0 Å². The summed E-state index contributed by atoms with van der Waals surface area (Å²) in [6.45, 7) is 5.47. The Balaban J connectivity index is 0.000000646. The Hall–Kier alpha value is -4.65. The third-order valence-electron chi connectivity index (χ3n) is 6.32. The first kappa shape index (κ1) is 32.9. The Kier molecular flexibility index (Phi) is 10.7. The molecule has 0 aliphatic carbocycles. The molecule has 3 aromatic rings. The van der Waals surface area contributed by atoms with Crippen molar-refractivity contribution in [2.45, 2.75) is 44.7 Å². The van der Waals surface area contributed by atoms with Gasteiger partial charge in [0.15, 0.2) is 11.4 Å². The number of carbonyl (C=O) groups is 3. The molecule has 1 fully saturated rings. The summed E-state index contributed by atoms with van der Waals surface area (Å²) in [5.41, 5.74) is 0.288.